The third-order valence-corrected chi connectivity index (χ3v) is 4.12. The van der Waals surface area contributed by atoms with Crippen molar-refractivity contribution in [3.8, 4) is 5.75 Å². The highest BCUT2D eigenvalue weighted by Gasteiger charge is 2.29. The maximum atomic E-state index is 11.5. The SMILES string of the molecule is O=C1CCCC(CCc2ccccc2O)CC(O)C1O. The van der Waals surface area contributed by atoms with Crippen LogP contribution in [0.2, 0.25) is 0 Å². The van der Waals surface area contributed by atoms with Gasteiger partial charge in [-0.15, -0.1) is 0 Å². The van der Waals surface area contributed by atoms with Crippen molar-refractivity contribution >= 4 is 5.78 Å². The Balaban J connectivity index is 1.92. The van der Waals surface area contributed by atoms with Crippen molar-refractivity contribution in [1.29, 1.82) is 0 Å². The van der Waals surface area contributed by atoms with Crippen molar-refractivity contribution in [3.05, 3.63) is 29.8 Å². The van der Waals surface area contributed by atoms with Gasteiger partial charge < -0.3 is 15.3 Å². The summed E-state index contributed by atoms with van der Waals surface area (Å²) in [6.45, 7) is 0. The molecule has 0 amide bonds. The number of phenols is 1. The van der Waals surface area contributed by atoms with E-state index in [1.807, 2.05) is 12.1 Å². The fourth-order valence-electron chi connectivity index (χ4n) is 2.86. The molecule has 0 heterocycles. The van der Waals surface area contributed by atoms with E-state index in [4.69, 9.17) is 0 Å². The van der Waals surface area contributed by atoms with Crippen LogP contribution < -0.4 is 0 Å². The van der Waals surface area contributed by atoms with Gasteiger partial charge in [0, 0.05) is 6.42 Å². The van der Waals surface area contributed by atoms with Gasteiger partial charge >= 0.3 is 0 Å². The van der Waals surface area contributed by atoms with Gasteiger partial charge in [-0.1, -0.05) is 18.2 Å². The van der Waals surface area contributed by atoms with Crippen molar-refractivity contribution in [3.63, 3.8) is 0 Å². The zero-order chi connectivity index (χ0) is 14.5. The normalized spacial score (nSPS) is 27.9. The Morgan fingerprint density at radius 1 is 1.20 bits per heavy atom. The molecule has 3 unspecified atom stereocenters. The van der Waals surface area contributed by atoms with Crippen LogP contribution in [0.25, 0.3) is 0 Å². The molecule has 0 radical (unpaired) electrons. The minimum atomic E-state index is -1.23. The lowest BCUT2D eigenvalue weighted by Gasteiger charge is -2.26. The van der Waals surface area contributed by atoms with Gasteiger partial charge in [-0.2, -0.15) is 0 Å². The Morgan fingerprint density at radius 3 is 2.70 bits per heavy atom. The number of aliphatic hydroxyl groups excluding tert-OH is 2. The van der Waals surface area contributed by atoms with Gasteiger partial charge in [0.2, 0.25) is 0 Å². The fourth-order valence-corrected chi connectivity index (χ4v) is 2.86. The summed E-state index contributed by atoms with van der Waals surface area (Å²) in [4.78, 5) is 11.5. The van der Waals surface area contributed by atoms with Crippen LogP contribution in [0, 0.1) is 5.92 Å². The van der Waals surface area contributed by atoms with E-state index in [-0.39, 0.29) is 11.7 Å². The van der Waals surface area contributed by atoms with Gasteiger partial charge in [0.25, 0.3) is 0 Å². The number of hydrogen-bond acceptors (Lipinski definition) is 4. The third-order valence-electron chi connectivity index (χ3n) is 4.12. The number of para-hydroxylation sites is 1. The maximum absolute atomic E-state index is 11.5. The van der Waals surface area contributed by atoms with E-state index in [0.29, 0.717) is 18.6 Å². The topological polar surface area (TPSA) is 77.8 Å². The first-order valence-electron chi connectivity index (χ1n) is 7.23. The molecule has 1 saturated carbocycles. The summed E-state index contributed by atoms with van der Waals surface area (Å²) in [7, 11) is 0. The molecule has 3 N–H and O–H groups in total. The van der Waals surface area contributed by atoms with Gasteiger partial charge in [0.05, 0.1) is 6.10 Å². The van der Waals surface area contributed by atoms with E-state index >= 15 is 0 Å². The lowest BCUT2D eigenvalue weighted by molar-refractivity contribution is -0.134. The van der Waals surface area contributed by atoms with Gasteiger partial charge in [-0.05, 0) is 49.7 Å². The summed E-state index contributed by atoms with van der Waals surface area (Å²) < 4.78 is 0. The van der Waals surface area contributed by atoms with Crippen LogP contribution in [-0.4, -0.2) is 33.3 Å². The highest BCUT2D eigenvalue weighted by molar-refractivity contribution is 5.83. The van der Waals surface area contributed by atoms with Gasteiger partial charge in [-0.25, -0.2) is 0 Å². The Morgan fingerprint density at radius 2 is 1.95 bits per heavy atom. The van der Waals surface area contributed by atoms with E-state index in [1.165, 1.54) is 0 Å². The van der Waals surface area contributed by atoms with Crippen LogP contribution in [0.1, 0.15) is 37.7 Å². The number of phenolic OH excluding ortho intramolecular Hbond substituents is 1. The zero-order valence-electron chi connectivity index (χ0n) is 11.5. The second kappa shape index (κ2) is 6.86. The first-order valence-corrected chi connectivity index (χ1v) is 7.23. The molecular formula is C16H22O4. The highest BCUT2D eigenvalue weighted by Crippen LogP contribution is 2.27. The van der Waals surface area contributed by atoms with Crippen LogP contribution in [-0.2, 0) is 11.2 Å². The highest BCUT2D eigenvalue weighted by atomic mass is 16.3. The number of benzene rings is 1. The predicted molar refractivity (Wildman–Crippen MR) is 75.4 cm³/mol. The summed E-state index contributed by atoms with van der Waals surface area (Å²) in [5, 5.41) is 29.2. The Kier molecular flexibility index (Phi) is 5.15. The number of Topliss-reactive ketones (excluding diaryl/α,β-unsaturated/α-hetero) is 1. The van der Waals surface area contributed by atoms with Crippen molar-refractivity contribution in [1.82, 2.24) is 0 Å². The molecular weight excluding hydrogens is 256 g/mol. The molecule has 1 fully saturated rings. The summed E-state index contributed by atoms with van der Waals surface area (Å²) in [5.41, 5.74) is 0.903. The average Bonchev–Trinajstić information content (AvgIpc) is 2.43. The molecule has 0 aromatic heterocycles. The monoisotopic (exact) mass is 278 g/mol. The molecule has 1 aliphatic carbocycles. The molecule has 0 bridgehead atoms. The van der Waals surface area contributed by atoms with Crippen LogP contribution >= 0.6 is 0 Å². The zero-order valence-corrected chi connectivity index (χ0v) is 11.5. The van der Waals surface area contributed by atoms with Gasteiger partial charge in [-0.3, -0.25) is 4.79 Å². The van der Waals surface area contributed by atoms with Crippen molar-refractivity contribution in [2.24, 2.45) is 5.92 Å². The molecule has 3 atom stereocenters. The molecule has 20 heavy (non-hydrogen) atoms. The second-order valence-corrected chi connectivity index (χ2v) is 5.64. The molecule has 110 valence electrons. The van der Waals surface area contributed by atoms with E-state index in [2.05, 4.69) is 0 Å². The van der Waals surface area contributed by atoms with Crippen molar-refractivity contribution in [2.45, 2.75) is 50.7 Å². The molecule has 0 spiro atoms. The summed E-state index contributed by atoms with van der Waals surface area (Å²) >= 11 is 0. The summed E-state index contributed by atoms with van der Waals surface area (Å²) in [6.07, 6.45) is 1.81. The third kappa shape index (κ3) is 3.81. The molecule has 4 heteroatoms. The molecule has 4 nitrogen and oxygen atoms in total. The molecule has 1 aliphatic rings. The number of carbonyl (C=O) groups excluding carboxylic acids is 1. The Labute approximate surface area is 119 Å². The van der Waals surface area contributed by atoms with E-state index in [0.717, 1.165) is 31.2 Å². The molecule has 1 aromatic rings. The lowest BCUT2D eigenvalue weighted by Crippen LogP contribution is -2.37. The molecule has 0 aliphatic heterocycles. The first kappa shape index (κ1) is 15.0. The Bertz CT molecular complexity index is 458. The van der Waals surface area contributed by atoms with Crippen LogP contribution in [0.15, 0.2) is 24.3 Å². The van der Waals surface area contributed by atoms with E-state index in [1.54, 1.807) is 12.1 Å². The molecule has 0 saturated heterocycles. The summed E-state index contributed by atoms with van der Waals surface area (Å²) in [6, 6.07) is 7.25. The number of aliphatic hydroxyl groups is 2. The maximum Gasteiger partial charge on any atom is 0.163 e. The largest absolute Gasteiger partial charge is 0.508 e. The Hall–Kier alpha value is -1.39. The van der Waals surface area contributed by atoms with Gasteiger partial charge in [0.1, 0.15) is 11.9 Å². The minimum Gasteiger partial charge on any atom is -0.508 e. The number of aromatic hydroxyl groups is 1. The number of hydrogen-bond donors (Lipinski definition) is 3. The van der Waals surface area contributed by atoms with Crippen LogP contribution in [0.5, 0.6) is 5.75 Å². The minimum absolute atomic E-state index is 0.253. The fraction of sp³-hybridized carbons (Fsp3) is 0.562. The number of ketones is 1. The average molecular weight is 278 g/mol. The standard InChI is InChI=1S/C16H22O4/c17-13-6-2-1-5-12(13)9-8-11-4-3-7-14(18)16(20)15(19)10-11/h1-2,5-6,11,15-17,19-20H,3-4,7-10H2. The first-order chi connectivity index (χ1) is 9.58. The quantitative estimate of drug-likeness (QED) is 0.788. The number of aryl methyl sites for hydroxylation is 1. The van der Waals surface area contributed by atoms with Crippen LogP contribution in [0.3, 0.4) is 0 Å². The van der Waals surface area contributed by atoms with Crippen LogP contribution in [0.4, 0.5) is 0 Å². The van der Waals surface area contributed by atoms with Crippen molar-refractivity contribution in [2.75, 3.05) is 0 Å². The predicted octanol–water partition coefficient (Wildman–Crippen LogP) is 1.81. The summed E-state index contributed by atoms with van der Waals surface area (Å²) in [5.74, 6) is 0.318. The molecule has 2 rings (SSSR count). The van der Waals surface area contributed by atoms with E-state index in [9.17, 15) is 20.1 Å². The number of carbonyl (C=O) groups is 1. The second-order valence-electron chi connectivity index (χ2n) is 5.64. The smallest absolute Gasteiger partial charge is 0.163 e. The number of rotatable bonds is 3. The van der Waals surface area contributed by atoms with Crippen molar-refractivity contribution < 1.29 is 20.1 Å². The van der Waals surface area contributed by atoms with Gasteiger partial charge in [0.15, 0.2) is 5.78 Å². The lowest BCUT2D eigenvalue weighted by atomic mass is 9.84. The van der Waals surface area contributed by atoms with E-state index < -0.39 is 12.2 Å². The molecule has 1 aromatic carbocycles.